The summed E-state index contributed by atoms with van der Waals surface area (Å²) < 4.78 is 0. The van der Waals surface area contributed by atoms with Crippen LogP contribution in [0.2, 0.25) is 0 Å². The largest absolute Gasteiger partial charge is 0.358 e. The number of H-pyrrole nitrogens is 1. The third-order valence-electron chi connectivity index (χ3n) is 6.49. The van der Waals surface area contributed by atoms with Crippen molar-refractivity contribution in [3.8, 4) is 0 Å². The topological polar surface area (TPSA) is 70.9 Å². The monoisotopic (exact) mass is 375 g/mol. The first kappa shape index (κ1) is 19.2. The van der Waals surface area contributed by atoms with E-state index in [1.807, 2.05) is 0 Å². The molecule has 2 saturated carbocycles. The molecule has 1 aromatic heterocycles. The number of rotatable bonds is 4. The van der Waals surface area contributed by atoms with E-state index in [9.17, 15) is 4.79 Å². The summed E-state index contributed by atoms with van der Waals surface area (Å²) in [6, 6.07) is 8.70. The Bertz CT molecular complexity index is 758. The number of nitrogens with one attached hydrogen (secondary N) is 2. The summed E-state index contributed by atoms with van der Waals surface area (Å²) >= 11 is 0. The highest BCUT2D eigenvalue weighted by molar-refractivity contribution is 5.85. The van der Waals surface area contributed by atoms with Crippen molar-refractivity contribution in [2.75, 3.05) is 6.54 Å². The van der Waals surface area contributed by atoms with Gasteiger partial charge in [-0.2, -0.15) is 0 Å². The number of aromatic amines is 1. The Morgan fingerprint density at radius 1 is 1.23 bits per heavy atom. The summed E-state index contributed by atoms with van der Waals surface area (Å²) in [7, 11) is 0. The van der Waals surface area contributed by atoms with Crippen LogP contribution in [0.3, 0.4) is 0 Å². The van der Waals surface area contributed by atoms with Crippen LogP contribution >= 0.6 is 12.4 Å². The van der Waals surface area contributed by atoms with Crippen LogP contribution in [0.4, 0.5) is 0 Å². The molecule has 2 aliphatic rings. The lowest BCUT2D eigenvalue weighted by molar-refractivity contribution is -0.127. The third kappa shape index (κ3) is 3.63. The minimum absolute atomic E-state index is 0. The molecule has 0 aliphatic heterocycles. The van der Waals surface area contributed by atoms with E-state index in [0.717, 1.165) is 19.3 Å². The minimum Gasteiger partial charge on any atom is -0.358 e. The van der Waals surface area contributed by atoms with E-state index in [2.05, 4.69) is 41.5 Å². The van der Waals surface area contributed by atoms with Gasteiger partial charge < -0.3 is 16.0 Å². The first-order chi connectivity index (χ1) is 12.1. The molecule has 0 spiro atoms. The van der Waals surface area contributed by atoms with Crippen molar-refractivity contribution in [3.63, 3.8) is 0 Å². The van der Waals surface area contributed by atoms with E-state index in [0.29, 0.717) is 24.4 Å². The van der Waals surface area contributed by atoms with Crippen molar-refractivity contribution in [1.29, 1.82) is 0 Å². The SMILES string of the molecule is Cc1[nH]c2ccccc2c1CCNC(=O)C1CC2CCCC(C1)C2N.Cl. The summed E-state index contributed by atoms with van der Waals surface area (Å²) in [5.74, 6) is 1.51. The number of nitrogens with two attached hydrogens (primary N) is 1. The predicted molar refractivity (Wildman–Crippen MR) is 109 cm³/mol. The van der Waals surface area contributed by atoms with Crippen LogP contribution in [-0.2, 0) is 11.2 Å². The Balaban J connectivity index is 0.00000196. The third-order valence-corrected chi connectivity index (χ3v) is 6.49. The van der Waals surface area contributed by atoms with Gasteiger partial charge in [-0.25, -0.2) is 0 Å². The van der Waals surface area contributed by atoms with E-state index in [1.165, 1.54) is 41.4 Å². The number of amides is 1. The highest BCUT2D eigenvalue weighted by atomic mass is 35.5. The van der Waals surface area contributed by atoms with Gasteiger partial charge in [0.1, 0.15) is 0 Å². The Hall–Kier alpha value is -1.52. The number of para-hydroxylation sites is 1. The van der Waals surface area contributed by atoms with Crippen LogP contribution in [0.5, 0.6) is 0 Å². The lowest BCUT2D eigenvalue weighted by Gasteiger charge is -2.43. The van der Waals surface area contributed by atoms with Gasteiger partial charge in [0.25, 0.3) is 0 Å². The van der Waals surface area contributed by atoms with Gasteiger partial charge in [0.2, 0.25) is 5.91 Å². The molecule has 2 fully saturated rings. The highest BCUT2D eigenvalue weighted by Gasteiger charge is 2.40. The zero-order valence-electron chi connectivity index (χ0n) is 15.5. The predicted octanol–water partition coefficient (Wildman–Crippen LogP) is 3.71. The normalized spacial score (nSPS) is 27.8. The number of carbonyl (C=O) groups excluding carboxylic acids is 1. The second-order valence-electron chi connectivity index (χ2n) is 8.01. The summed E-state index contributed by atoms with van der Waals surface area (Å²) in [4.78, 5) is 16.1. The number of halogens is 1. The lowest BCUT2D eigenvalue weighted by atomic mass is 9.65. The molecule has 2 bridgehead atoms. The molecule has 2 unspecified atom stereocenters. The Morgan fingerprint density at radius 3 is 2.65 bits per heavy atom. The zero-order valence-corrected chi connectivity index (χ0v) is 16.3. The Morgan fingerprint density at radius 2 is 1.92 bits per heavy atom. The average molecular weight is 376 g/mol. The fourth-order valence-electron chi connectivity index (χ4n) is 5.12. The first-order valence-corrected chi connectivity index (χ1v) is 9.73. The molecule has 1 aromatic carbocycles. The van der Waals surface area contributed by atoms with Gasteiger partial charge in [-0.3, -0.25) is 4.79 Å². The summed E-state index contributed by atoms with van der Waals surface area (Å²) in [6.45, 7) is 2.82. The van der Waals surface area contributed by atoms with Gasteiger partial charge in [-0.05, 0) is 62.5 Å². The van der Waals surface area contributed by atoms with Crippen molar-refractivity contribution in [2.45, 2.75) is 51.5 Å². The summed E-state index contributed by atoms with van der Waals surface area (Å²) in [5, 5.41) is 4.46. The van der Waals surface area contributed by atoms with E-state index >= 15 is 0 Å². The van der Waals surface area contributed by atoms with Crippen molar-refractivity contribution in [1.82, 2.24) is 10.3 Å². The molecule has 4 N–H and O–H groups in total. The summed E-state index contributed by atoms with van der Waals surface area (Å²) in [6.07, 6.45) is 6.54. The lowest BCUT2D eigenvalue weighted by Crippen LogP contribution is -2.49. The Labute approximate surface area is 161 Å². The molecule has 4 rings (SSSR count). The molecule has 2 aliphatic carbocycles. The fraction of sp³-hybridized carbons (Fsp3) is 0.571. The number of aromatic nitrogens is 1. The quantitative estimate of drug-likeness (QED) is 0.762. The molecule has 4 nitrogen and oxygen atoms in total. The van der Waals surface area contributed by atoms with Crippen molar-refractivity contribution >= 4 is 29.2 Å². The van der Waals surface area contributed by atoms with Crippen LogP contribution in [-0.4, -0.2) is 23.5 Å². The molecule has 142 valence electrons. The van der Waals surface area contributed by atoms with Gasteiger partial charge in [0, 0.05) is 35.1 Å². The van der Waals surface area contributed by atoms with E-state index < -0.39 is 0 Å². The standard InChI is InChI=1S/C21H29N3O.ClH/c1-13-17(18-7-2-3-8-19(18)24-13)9-10-23-21(25)16-11-14-5-4-6-15(12-16)20(14)22;/h2-3,7-8,14-16,20,24H,4-6,9-12,22H2,1H3,(H,23,25);1H. The maximum atomic E-state index is 12.7. The molecule has 2 aromatic rings. The van der Waals surface area contributed by atoms with Crippen LogP contribution in [0.15, 0.2) is 24.3 Å². The van der Waals surface area contributed by atoms with Gasteiger partial charge in [0.05, 0.1) is 0 Å². The highest BCUT2D eigenvalue weighted by Crippen LogP contribution is 2.41. The number of carbonyl (C=O) groups is 1. The second-order valence-corrected chi connectivity index (χ2v) is 8.01. The van der Waals surface area contributed by atoms with Crippen molar-refractivity contribution in [3.05, 3.63) is 35.5 Å². The van der Waals surface area contributed by atoms with E-state index in [-0.39, 0.29) is 24.2 Å². The van der Waals surface area contributed by atoms with Crippen molar-refractivity contribution in [2.24, 2.45) is 23.5 Å². The van der Waals surface area contributed by atoms with Crippen molar-refractivity contribution < 1.29 is 4.79 Å². The molecule has 5 heteroatoms. The zero-order chi connectivity index (χ0) is 17.4. The van der Waals surface area contributed by atoms with Gasteiger partial charge in [-0.15, -0.1) is 12.4 Å². The molecule has 26 heavy (non-hydrogen) atoms. The number of fused-ring (bicyclic) bond motifs is 3. The number of aryl methyl sites for hydroxylation is 1. The smallest absolute Gasteiger partial charge is 0.223 e. The molecule has 1 amide bonds. The van der Waals surface area contributed by atoms with Gasteiger partial charge >= 0.3 is 0 Å². The summed E-state index contributed by atoms with van der Waals surface area (Å²) in [5.41, 5.74) is 10.0. The van der Waals surface area contributed by atoms with E-state index in [4.69, 9.17) is 5.73 Å². The number of hydrogen-bond donors (Lipinski definition) is 3. The van der Waals surface area contributed by atoms with Crippen LogP contribution < -0.4 is 11.1 Å². The maximum Gasteiger partial charge on any atom is 0.223 e. The van der Waals surface area contributed by atoms with Crippen LogP contribution in [0.1, 0.15) is 43.4 Å². The maximum absolute atomic E-state index is 12.7. The molecule has 0 radical (unpaired) electrons. The molecule has 1 heterocycles. The van der Waals surface area contributed by atoms with Crippen LogP contribution in [0, 0.1) is 24.7 Å². The van der Waals surface area contributed by atoms with Crippen LogP contribution in [0.25, 0.3) is 10.9 Å². The Kier molecular flexibility index (Phi) is 5.93. The van der Waals surface area contributed by atoms with Gasteiger partial charge in [0.15, 0.2) is 0 Å². The van der Waals surface area contributed by atoms with Gasteiger partial charge in [-0.1, -0.05) is 24.6 Å². The molecule has 0 saturated heterocycles. The average Bonchev–Trinajstić information content (AvgIpc) is 2.90. The molecular weight excluding hydrogens is 346 g/mol. The molecular formula is C21H30ClN3O. The fourth-order valence-corrected chi connectivity index (χ4v) is 5.12. The first-order valence-electron chi connectivity index (χ1n) is 9.73. The minimum atomic E-state index is 0. The number of benzene rings is 1. The number of hydrogen-bond acceptors (Lipinski definition) is 2. The van der Waals surface area contributed by atoms with E-state index in [1.54, 1.807) is 0 Å². The molecule has 2 atom stereocenters. The second kappa shape index (κ2) is 8.01.